The van der Waals surface area contributed by atoms with Gasteiger partial charge in [0.15, 0.2) is 17.5 Å². The first-order valence-corrected chi connectivity index (χ1v) is 8.70. The zero-order valence-corrected chi connectivity index (χ0v) is 15.8. The highest BCUT2D eigenvalue weighted by Crippen LogP contribution is 2.21. The standard InChI is InChI=1S/C21H20F2N4O/c1-21(2,3)27-18-12-17(25-19(26-18)13-7-5-4-6-8-13)20(28)24-14-9-10-15(22)16(23)11-14/h4-12H,1-3H3,(H,24,28)(H,25,26,27). The number of halogens is 2. The lowest BCUT2D eigenvalue weighted by molar-refractivity contribution is 0.102. The van der Waals surface area contributed by atoms with Gasteiger partial charge in [-0.2, -0.15) is 0 Å². The van der Waals surface area contributed by atoms with Crippen molar-refractivity contribution < 1.29 is 13.6 Å². The summed E-state index contributed by atoms with van der Waals surface area (Å²) in [6, 6.07) is 13.9. The highest BCUT2D eigenvalue weighted by atomic mass is 19.2. The number of aromatic nitrogens is 2. The second kappa shape index (κ2) is 7.72. The number of anilines is 2. The fraction of sp³-hybridized carbons (Fsp3) is 0.190. The number of carbonyl (C=O) groups excluding carboxylic acids is 1. The summed E-state index contributed by atoms with van der Waals surface area (Å²) in [6.45, 7) is 5.91. The van der Waals surface area contributed by atoms with Gasteiger partial charge in [-0.1, -0.05) is 30.3 Å². The lowest BCUT2D eigenvalue weighted by atomic mass is 10.1. The summed E-state index contributed by atoms with van der Waals surface area (Å²) in [5.74, 6) is -1.71. The second-order valence-corrected chi connectivity index (χ2v) is 7.29. The van der Waals surface area contributed by atoms with Crippen LogP contribution in [0, 0.1) is 11.6 Å². The van der Waals surface area contributed by atoms with E-state index in [-0.39, 0.29) is 16.9 Å². The van der Waals surface area contributed by atoms with Gasteiger partial charge in [-0.15, -0.1) is 0 Å². The normalized spacial score (nSPS) is 11.2. The molecule has 0 aliphatic rings. The topological polar surface area (TPSA) is 66.9 Å². The quantitative estimate of drug-likeness (QED) is 0.675. The molecule has 144 valence electrons. The van der Waals surface area contributed by atoms with Crippen LogP contribution in [0.15, 0.2) is 54.6 Å². The smallest absolute Gasteiger partial charge is 0.274 e. The number of hydrogen-bond acceptors (Lipinski definition) is 4. The van der Waals surface area contributed by atoms with Crippen LogP contribution in [0.25, 0.3) is 11.4 Å². The van der Waals surface area contributed by atoms with E-state index in [2.05, 4.69) is 20.6 Å². The molecule has 2 N–H and O–H groups in total. The third-order valence-electron chi connectivity index (χ3n) is 3.67. The summed E-state index contributed by atoms with van der Waals surface area (Å²) < 4.78 is 26.5. The summed E-state index contributed by atoms with van der Waals surface area (Å²) in [6.07, 6.45) is 0. The van der Waals surface area contributed by atoms with E-state index in [1.54, 1.807) is 0 Å². The Morgan fingerprint density at radius 3 is 2.29 bits per heavy atom. The highest BCUT2D eigenvalue weighted by molar-refractivity contribution is 6.03. The Morgan fingerprint density at radius 2 is 1.64 bits per heavy atom. The maximum atomic E-state index is 13.4. The van der Waals surface area contributed by atoms with Crippen molar-refractivity contribution in [2.24, 2.45) is 0 Å². The van der Waals surface area contributed by atoms with Crippen LogP contribution in [0.3, 0.4) is 0 Å². The van der Waals surface area contributed by atoms with Crippen molar-refractivity contribution in [2.45, 2.75) is 26.3 Å². The minimum Gasteiger partial charge on any atom is -0.365 e. The molecule has 0 spiro atoms. The van der Waals surface area contributed by atoms with E-state index < -0.39 is 17.5 Å². The molecule has 0 radical (unpaired) electrons. The lowest BCUT2D eigenvalue weighted by Gasteiger charge is -2.22. The first kappa shape index (κ1) is 19.4. The summed E-state index contributed by atoms with van der Waals surface area (Å²) >= 11 is 0. The molecule has 2 aromatic carbocycles. The average molecular weight is 382 g/mol. The molecule has 0 aliphatic carbocycles. The van der Waals surface area contributed by atoms with Crippen LogP contribution in [0.2, 0.25) is 0 Å². The van der Waals surface area contributed by atoms with Crippen molar-refractivity contribution in [3.8, 4) is 11.4 Å². The fourth-order valence-electron chi connectivity index (χ4n) is 2.50. The molecule has 0 bridgehead atoms. The lowest BCUT2D eigenvalue weighted by Crippen LogP contribution is -2.27. The minimum absolute atomic E-state index is 0.102. The van der Waals surface area contributed by atoms with Crippen molar-refractivity contribution in [3.63, 3.8) is 0 Å². The molecule has 3 aromatic rings. The van der Waals surface area contributed by atoms with Crippen molar-refractivity contribution in [2.75, 3.05) is 10.6 Å². The van der Waals surface area contributed by atoms with Crippen LogP contribution in [-0.2, 0) is 0 Å². The van der Waals surface area contributed by atoms with E-state index in [0.717, 1.165) is 17.7 Å². The zero-order valence-electron chi connectivity index (χ0n) is 15.8. The molecule has 7 heteroatoms. The number of hydrogen-bond donors (Lipinski definition) is 2. The fourth-order valence-corrected chi connectivity index (χ4v) is 2.50. The second-order valence-electron chi connectivity index (χ2n) is 7.29. The van der Waals surface area contributed by atoms with E-state index in [4.69, 9.17) is 0 Å². The first-order chi connectivity index (χ1) is 13.2. The van der Waals surface area contributed by atoms with Gasteiger partial charge in [0.25, 0.3) is 5.91 Å². The molecule has 1 aromatic heterocycles. The number of benzene rings is 2. The summed E-state index contributed by atoms with van der Waals surface area (Å²) in [5.41, 5.74) is 0.706. The largest absolute Gasteiger partial charge is 0.365 e. The summed E-state index contributed by atoms with van der Waals surface area (Å²) in [7, 11) is 0. The summed E-state index contributed by atoms with van der Waals surface area (Å²) in [4.78, 5) is 21.5. The molecule has 0 atom stereocenters. The Labute approximate surface area is 161 Å². The van der Waals surface area contributed by atoms with Crippen LogP contribution in [0.5, 0.6) is 0 Å². The monoisotopic (exact) mass is 382 g/mol. The van der Waals surface area contributed by atoms with Gasteiger partial charge in [0.05, 0.1) is 0 Å². The Balaban J connectivity index is 1.97. The predicted octanol–water partition coefficient (Wildman–Crippen LogP) is 4.88. The molecule has 0 aliphatic heterocycles. The maximum absolute atomic E-state index is 13.4. The molecule has 3 rings (SSSR count). The average Bonchev–Trinajstić information content (AvgIpc) is 2.64. The molecule has 1 heterocycles. The SMILES string of the molecule is CC(C)(C)Nc1cc(C(=O)Nc2ccc(F)c(F)c2)nc(-c2ccccc2)n1. The number of amides is 1. The van der Waals surface area contributed by atoms with Crippen LogP contribution in [-0.4, -0.2) is 21.4 Å². The number of nitrogens with one attached hydrogen (secondary N) is 2. The van der Waals surface area contributed by atoms with Gasteiger partial charge in [-0.3, -0.25) is 4.79 Å². The number of carbonyl (C=O) groups is 1. The predicted molar refractivity (Wildman–Crippen MR) is 105 cm³/mol. The highest BCUT2D eigenvalue weighted by Gasteiger charge is 2.17. The molecule has 5 nitrogen and oxygen atoms in total. The van der Waals surface area contributed by atoms with Crippen LogP contribution in [0.1, 0.15) is 31.3 Å². The van der Waals surface area contributed by atoms with Crippen LogP contribution in [0.4, 0.5) is 20.3 Å². The molecule has 0 saturated heterocycles. The van der Waals surface area contributed by atoms with Crippen LogP contribution >= 0.6 is 0 Å². The molecule has 28 heavy (non-hydrogen) atoms. The van der Waals surface area contributed by atoms with Crippen LogP contribution < -0.4 is 10.6 Å². The van der Waals surface area contributed by atoms with Gasteiger partial charge in [0, 0.05) is 28.9 Å². The number of rotatable bonds is 4. The van der Waals surface area contributed by atoms with Gasteiger partial charge in [-0.05, 0) is 32.9 Å². The van der Waals surface area contributed by atoms with Crippen molar-refractivity contribution in [1.29, 1.82) is 0 Å². The van der Waals surface area contributed by atoms with Gasteiger partial charge >= 0.3 is 0 Å². The van der Waals surface area contributed by atoms with E-state index in [0.29, 0.717) is 11.6 Å². The minimum atomic E-state index is -1.04. The van der Waals surface area contributed by atoms with Crippen molar-refractivity contribution >= 4 is 17.4 Å². The molecule has 1 amide bonds. The van der Waals surface area contributed by atoms with Gasteiger partial charge in [0.1, 0.15) is 11.5 Å². The summed E-state index contributed by atoms with van der Waals surface area (Å²) in [5, 5.41) is 5.76. The molecule has 0 saturated carbocycles. The van der Waals surface area contributed by atoms with Gasteiger partial charge in [-0.25, -0.2) is 18.7 Å². The third-order valence-corrected chi connectivity index (χ3v) is 3.67. The van der Waals surface area contributed by atoms with E-state index in [1.807, 2.05) is 51.1 Å². The van der Waals surface area contributed by atoms with E-state index >= 15 is 0 Å². The Hall–Kier alpha value is -3.35. The molecular formula is C21H20F2N4O. The molecular weight excluding hydrogens is 362 g/mol. The maximum Gasteiger partial charge on any atom is 0.274 e. The van der Waals surface area contributed by atoms with Gasteiger partial charge < -0.3 is 10.6 Å². The Morgan fingerprint density at radius 1 is 0.929 bits per heavy atom. The molecule has 0 fully saturated rings. The van der Waals surface area contributed by atoms with E-state index in [9.17, 15) is 13.6 Å². The Bertz CT molecular complexity index is 1000. The van der Waals surface area contributed by atoms with Gasteiger partial charge in [0.2, 0.25) is 0 Å². The molecule has 0 unspecified atom stereocenters. The zero-order chi connectivity index (χ0) is 20.3. The third kappa shape index (κ3) is 4.88. The van der Waals surface area contributed by atoms with Crippen molar-refractivity contribution in [1.82, 2.24) is 9.97 Å². The first-order valence-electron chi connectivity index (χ1n) is 8.70. The van der Waals surface area contributed by atoms with E-state index in [1.165, 1.54) is 12.1 Å². The van der Waals surface area contributed by atoms with Crippen molar-refractivity contribution in [3.05, 3.63) is 71.9 Å². The Kier molecular flexibility index (Phi) is 5.35. The number of nitrogens with zero attached hydrogens (tertiary/aromatic N) is 2.